The second-order valence-corrected chi connectivity index (χ2v) is 2.63. The first-order valence-electron chi connectivity index (χ1n) is 3.31. The van der Waals surface area contributed by atoms with Gasteiger partial charge >= 0.3 is 0 Å². The molecule has 0 aliphatic carbocycles. The predicted molar refractivity (Wildman–Crippen MR) is 41.4 cm³/mol. The van der Waals surface area contributed by atoms with Gasteiger partial charge in [0.2, 0.25) is 0 Å². The molecule has 0 aromatic rings. The molecule has 3 N–H and O–H groups in total. The minimum Gasteiger partial charge on any atom is -0.393 e. The molecule has 0 saturated carbocycles. The van der Waals surface area contributed by atoms with Crippen LogP contribution in [-0.4, -0.2) is 35.5 Å². The van der Waals surface area contributed by atoms with Crippen LogP contribution in [0.4, 0.5) is 0 Å². The van der Waals surface area contributed by atoms with E-state index in [9.17, 15) is 5.11 Å². The van der Waals surface area contributed by atoms with Gasteiger partial charge < -0.3 is 15.5 Å². The van der Waals surface area contributed by atoms with Crippen molar-refractivity contribution in [2.24, 2.45) is 0 Å². The van der Waals surface area contributed by atoms with Crippen molar-refractivity contribution in [3.8, 4) is 0 Å². The molecule has 0 bridgehead atoms. The quantitative estimate of drug-likeness (QED) is 0.494. The van der Waals surface area contributed by atoms with E-state index in [0.717, 1.165) is 13.1 Å². The fourth-order valence-corrected chi connectivity index (χ4v) is 1.05. The Balaban J connectivity index is 0.000000810. The Morgan fingerprint density at radius 1 is 1.30 bits per heavy atom. The summed E-state index contributed by atoms with van der Waals surface area (Å²) in [5.74, 6) is 0. The van der Waals surface area contributed by atoms with Crippen molar-refractivity contribution < 1.29 is 10.2 Å². The van der Waals surface area contributed by atoms with Crippen molar-refractivity contribution in [2.45, 2.75) is 18.4 Å². The molecule has 1 aliphatic rings. The average molecular weight is 168 g/mol. The highest BCUT2D eigenvalue weighted by Crippen LogP contribution is 2.15. The first-order valence-corrected chi connectivity index (χ1v) is 3.31. The van der Waals surface area contributed by atoms with Gasteiger partial charge in [-0.25, -0.2) is 0 Å². The van der Waals surface area contributed by atoms with Crippen LogP contribution in [0.15, 0.2) is 0 Å². The molecule has 10 heavy (non-hydrogen) atoms. The molecule has 0 unspecified atom stereocenters. The molecule has 1 rings (SSSR count). The summed E-state index contributed by atoms with van der Waals surface area (Å²) < 4.78 is 0. The van der Waals surface area contributed by atoms with Crippen molar-refractivity contribution in [1.82, 2.24) is 5.32 Å². The molecule has 0 aromatic carbocycles. The molecule has 0 radical (unpaired) electrons. The van der Waals surface area contributed by atoms with Gasteiger partial charge in [0.25, 0.3) is 0 Å². The van der Waals surface area contributed by atoms with Gasteiger partial charge in [-0.15, -0.1) is 12.4 Å². The van der Waals surface area contributed by atoms with Crippen molar-refractivity contribution in [1.29, 1.82) is 0 Å². The van der Waals surface area contributed by atoms with Crippen LogP contribution in [0.25, 0.3) is 0 Å². The SMILES string of the molecule is Cl.OCC1(O)CCNCC1. The van der Waals surface area contributed by atoms with E-state index >= 15 is 0 Å². The van der Waals surface area contributed by atoms with Gasteiger partial charge in [0.1, 0.15) is 0 Å². The van der Waals surface area contributed by atoms with E-state index in [2.05, 4.69) is 5.32 Å². The fraction of sp³-hybridized carbons (Fsp3) is 1.00. The van der Waals surface area contributed by atoms with Gasteiger partial charge in [-0.1, -0.05) is 0 Å². The highest BCUT2D eigenvalue weighted by atomic mass is 35.5. The monoisotopic (exact) mass is 167 g/mol. The molecule has 0 aromatic heterocycles. The van der Waals surface area contributed by atoms with Crippen molar-refractivity contribution in [3.63, 3.8) is 0 Å². The molecule has 0 spiro atoms. The van der Waals surface area contributed by atoms with Crippen LogP contribution in [0.2, 0.25) is 0 Å². The van der Waals surface area contributed by atoms with E-state index in [1.165, 1.54) is 0 Å². The van der Waals surface area contributed by atoms with Crippen LogP contribution in [0.1, 0.15) is 12.8 Å². The zero-order valence-corrected chi connectivity index (χ0v) is 6.65. The summed E-state index contributed by atoms with van der Waals surface area (Å²) in [4.78, 5) is 0. The summed E-state index contributed by atoms with van der Waals surface area (Å²) in [6.07, 6.45) is 1.34. The molecule has 3 nitrogen and oxygen atoms in total. The number of halogens is 1. The van der Waals surface area contributed by atoms with E-state index in [-0.39, 0.29) is 19.0 Å². The molecule has 0 atom stereocenters. The van der Waals surface area contributed by atoms with E-state index in [1.807, 2.05) is 0 Å². The second kappa shape index (κ2) is 4.13. The Morgan fingerprint density at radius 3 is 2.10 bits per heavy atom. The molecule has 1 heterocycles. The summed E-state index contributed by atoms with van der Waals surface area (Å²) in [5.41, 5.74) is -0.786. The third kappa shape index (κ3) is 2.42. The predicted octanol–water partition coefficient (Wildman–Crippen LogP) is -0.485. The largest absolute Gasteiger partial charge is 0.393 e. The van der Waals surface area contributed by atoms with Gasteiger partial charge in [0.05, 0.1) is 12.2 Å². The summed E-state index contributed by atoms with van der Waals surface area (Å²) in [5, 5.41) is 21.2. The highest BCUT2D eigenvalue weighted by molar-refractivity contribution is 5.85. The van der Waals surface area contributed by atoms with Gasteiger partial charge in [-0.2, -0.15) is 0 Å². The lowest BCUT2D eigenvalue weighted by molar-refractivity contribution is -0.0368. The standard InChI is InChI=1S/C6H13NO2.ClH/c8-5-6(9)1-3-7-4-2-6;/h7-9H,1-5H2;1H. The van der Waals surface area contributed by atoms with E-state index in [1.54, 1.807) is 0 Å². The number of aliphatic hydroxyl groups excluding tert-OH is 1. The third-order valence-corrected chi connectivity index (χ3v) is 1.83. The third-order valence-electron chi connectivity index (χ3n) is 1.83. The highest BCUT2D eigenvalue weighted by Gasteiger charge is 2.27. The fourth-order valence-electron chi connectivity index (χ4n) is 1.05. The zero-order chi connectivity index (χ0) is 6.74. The lowest BCUT2D eigenvalue weighted by Crippen LogP contribution is -2.44. The Morgan fingerprint density at radius 2 is 1.80 bits per heavy atom. The topological polar surface area (TPSA) is 52.5 Å². The average Bonchev–Trinajstić information content (AvgIpc) is 1.90. The number of hydrogen-bond acceptors (Lipinski definition) is 3. The Kier molecular flexibility index (Phi) is 4.20. The molecule has 0 amide bonds. The molecule has 62 valence electrons. The number of nitrogens with one attached hydrogen (secondary N) is 1. The Hall–Kier alpha value is 0.170. The summed E-state index contributed by atoms with van der Waals surface area (Å²) in [6, 6.07) is 0. The normalized spacial score (nSPS) is 23.4. The molecular weight excluding hydrogens is 154 g/mol. The first-order chi connectivity index (χ1) is 4.27. The van der Waals surface area contributed by atoms with E-state index in [4.69, 9.17) is 5.11 Å². The van der Waals surface area contributed by atoms with Gasteiger partial charge in [0.15, 0.2) is 0 Å². The molecule has 1 fully saturated rings. The van der Waals surface area contributed by atoms with E-state index in [0.29, 0.717) is 12.8 Å². The van der Waals surface area contributed by atoms with Crippen LogP contribution in [-0.2, 0) is 0 Å². The molecule has 1 saturated heterocycles. The van der Waals surface area contributed by atoms with Gasteiger partial charge in [0, 0.05) is 0 Å². The maximum atomic E-state index is 9.39. The summed E-state index contributed by atoms with van der Waals surface area (Å²) >= 11 is 0. The number of piperidine rings is 1. The van der Waals surface area contributed by atoms with Crippen LogP contribution in [0.5, 0.6) is 0 Å². The minimum absolute atomic E-state index is 0. The smallest absolute Gasteiger partial charge is 0.0901 e. The Labute approximate surface area is 66.8 Å². The Bertz CT molecular complexity index is 93.7. The molecule has 1 aliphatic heterocycles. The molecular formula is C6H14ClNO2. The zero-order valence-electron chi connectivity index (χ0n) is 5.84. The van der Waals surface area contributed by atoms with Crippen LogP contribution < -0.4 is 5.32 Å². The maximum Gasteiger partial charge on any atom is 0.0901 e. The van der Waals surface area contributed by atoms with Crippen molar-refractivity contribution in [3.05, 3.63) is 0 Å². The molecule has 4 heteroatoms. The minimum atomic E-state index is -0.786. The van der Waals surface area contributed by atoms with Gasteiger partial charge in [-0.3, -0.25) is 0 Å². The lowest BCUT2D eigenvalue weighted by atomic mass is 9.94. The van der Waals surface area contributed by atoms with Crippen LogP contribution in [0.3, 0.4) is 0 Å². The number of aliphatic hydroxyl groups is 2. The second-order valence-electron chi connectivity index (χ2n) is 2.63. The number of rotatable bonds is 1. The van der Waals surface area contributed by atoms with Crippen molar-refractivity contribution >= 4 is 12.4 Å². The number of hydrogen-bond donors (Lipinski definition) is 3. The van der Waals surface area contributed by atoms with Crippen molar-refractivity contribution in [2.75, 3.05) is 19.7 Å². The first kappa shape index (κ1) is 10.2. The van der Waals surface area contributed by atoms with Crippen LogP contribution >= 0.6 is 12.4 Å². The maximum absolute atomic E-state index is 9.39. The van der Waals surface area contributed by atoms with E-state index < -0.39 is 5.60 Å². The summed E-state index contributed by atoms with van der Waals surface area (Å²) in [6.45, 7) is 1.53. The lowest BCUT2D eigenvalue weighted by Gasteiger charge is -2.30. The summed E-state index contributed by atoms with van der Waals surface area (Å²) in [7, 11) is 0. The van der Waals surface area contributed by atoms with Crippen LogP contribution in [0, 0.1) is 0 Å². The van der Waals surface area contributed by atoms with Gasteiger partial charge in [-0.05, 0) is 25.9 Å².